The number of rotatable bonds is 9. The summed E-state index contributed by atoms with van der Waals surface area (Å²) < 4.78 is 35.9. The summed E-state index contributed by atoms with van der Waals surface area (Å²) in [6.45, 7) is 4.66. The van der Waals surface area contributed by atoms with Gasteiger partial charge in [0, 0.05) is 30.1 Å². The third-order valence-corrected chi connectivity index (χ3v) is 8.89. The lowest BCUT2D eigenvalue weighted by molar-refractivity contribution is -0.297. The maximum atomic E-state index is 11.2. The Hall–Kier alpha value is -0.640. The van der Waals surface area contributed by atoms with Crippen LogP contribution in [-0.4, -0.2) is 142 Å². The van der Waals surface area contributed by atoms with E-state index in [0.29, 0.717) is 12.8 Å². The molecule has 17 atom stereocenters. The molecule has 0 radical (unpaired) electrons. The molecule has 42 heavy (non-hydrogen) atoms. The van der Waals surface area contributed by atoms with Crippen LogP contribution in [0.5, 0.6) is 0 Å². The number of hydrogen-bond donors (Lipinski definition) is 10. The summed E-state index contributed by atoms with van der Waals surface area (Å²) in [4.78, 5) is 0. The van der Waals surface area contributed by atoms with Crippen molar-refractivity contribution in [3.8, 4) is 0 Å². The molecule has 4 aliphatic rings. The zero-order chi connectivity index (χ0) is 31.1. The normalized spacial score (nSPS) is 50.6. The Kier molecular flexibility index (Phi) is 11.2. The van der Waals surface area contributed by atoms with Gasteiger partial charge in [-0.3, -0.25) is 0 Å². The van der Waals surface area contributed by atoms with Crippen molar-refractivity contribution in [2.75, 3.05) is 13.2 Å². The van der Waals surface area contributed by atoms with Crippen LogP contribution in [0.2, 0.25) is 0 Å². The SMILES string of the molecule is CC1C(OC2C(CO)OC(OC3C(O)C(N)CC(N)C3OC3OC(C(C)(C)N)CCC3N)C2O)OC(CN)C(O)C1O. The van der Waals surface area contributed by atoms with Crippen molar-refractivity contribution < 1.29 is 54.0 Å². The van der Waals surface area contributed by atoms with Crippen LogP contribution < -0.4 is 28.7 Å². The molecule has 0 aromatic heterocycles. The first-order valence-electron chi connectivity index (χ1n) is 14.7. The smallest absolute Gasteiger partial charge is 0.187 e. The minimum Gasteiger partial charge on any atom is -0.394 e. The van der Waals surface area contributed by atoms with E-state index in [0.717, 1.165) is 0 Å². The second kappa shape index (κ2) is 13.8. The van der Waals surface area contributed by atoms with Gasteiger partial charge in [0.2, 0.25) is 0 Å². The van der Waals surface area contributed by atoms with Crippen LogP contribution in [0.3, 0.4) is 0 Å². The quantitative estimate of drug-likeness (QED) is 0.117. The fraction of sp³-hybridized carbons (Fsp3) is 1.00. The van der Waals surface area contributed by atoms with Crippen LogP contribution in [0.15, 0.2) is 0 Å². The Morgan fingerprint density at radius 1 is 0.714 bits per heavy atom. The first-order chi connectivity index (χ1) is 19.7. The highest BCUT2D eigenvalue weighted by Crippen LogP contribution is 2.35. The number of aliphatic hydroxyl groups is 5. The van der Waals surface area contributed by atoms with Gasteiger partial charge in [-0.05, 0) is 33.1 Å². The second-order valence-corrected chi connectivity index (χ2v) is 12.7. The Balaban J connectivity index is 1.49. The minimum atomic E-state index is -1.48. The molecule has 15 N–H and O–H groups in total. The summed E-state index contributed by atoms with van der Waals surface area (Å²) in [5.74, 6) is -0.703. The zero-order valence-corrected chi connectivity index (χ0v) is 24.4. The van der Waals surface area contributed by atoms with Crippen LogP contribution >= 0.6 is 0 Å². The third kappa shape index (κ3) is 7.09. The van der Waals surface area contributed by atoms with Crippen molar-refractivity contribution >= 4 is 0 Å². The Morgan fingerprint density at radius 2 is 1.33 bits per heavy atom. The molecule has 0 bridgehead atoms. The van der Waals surface area contributed by atoms with Gasteiger partial charge in [0.15, 0.2) is 18.9 Å². The lowest BCUT2D eigenvalue weighted by atomic mass is 9.84. The van der Waals surface area contributed by atoms with Crippen LogP contribution in [0.25, 0.3) is 0 Å². The molecule has 1 aliphatic carbocycles. The zero-order valence-electron chi connectivity index (χ0n) is 24.4. The summed E-state index contributed by atoms with van der Waals surface area (Å²) >= 11 is 0. The van der Waals surface area contributed by atoms with Gasteiger partial charge in [0.25, 0.3) is 0 Å². The average Bonchev–Trinajstić information content (AvgIpc) is 3.23. The molecular weight excluding hydrogens is 558 g/mol. The summed E-state index contributed by atoms with van der Waals surface area (Å²) in [5.41, 5.74) is 30.2. The standard InChI is InChI=1S/C26H51N5O11/c1-9-16(33)18(35)13(7-27)37-23(9)41-21-14(8-32)38-25(19(21)36)42-22-17(34)11(29)6-12(30)20(22)40-24-10(28)4-5-15(39-24)26(2,3)31/h9-25,32-36H,4-8,27-31H2,1-3H3. The van der Waals surface area contributed by atoms with Crippen LogP contribution in [0, 0.1) is 5.92 Å². The average molecular weight is 610 g/mol. The van der Waals surface area contributed by atoms with E-state index in [1.165, 1.54) is 0 Å². The summed E-state index contributed by atoms with van der Waals surface area (Å²) in [6.07, 6.45) is -12.7. The maximum absolute atomic E-state index is 11.2. The lowest BCUT2D eigenvalue weighted by Crippen LogP contribution is -2.66. The van der Waals surface area contributed by atoms with Gasteiger partial charge in [-0.25, -0.2) is 0 Å². The van der Waals surface area contributed by atoms with E-state index >= 15 is 0 Å². The van der Waals surface area contributed by atoms with E-state index in [4.69, 9.17) is 57.1 Å². The van der Waals surface area contributed by atoms with Gasteiger partial charge in [-0.15, -0.1) is 0 Å². The summed E-state index contributed by atoms with van der Waals surface area (Å²) in [7, 11) is 0. The van der Waals surface area contributed by atoms with Gasteiger partial charge < -0.3 is 82.6 Å². The first-order valence-corrected chi connectivity index (χ1v) is 14.7. The van der Waals surface area contributed by atoms with Gasteiger partial charge >= 0.3 is 0 Å². The van der Waals surface area contributed by atoms with E-state index in [1.807, 2.05) is 13.8 Å². The minimum absolute atomic E-state index is 0.0803. The summed E-state index contributed by atoms with van der Waals surface area (Å²) in [6, 6.07) is -1.94. The van der Waals surface area contributed by atoms with E-state index in [2.05, 4.69) is 0 Å². The molecule has 4 fully saturated rings. The van der Waals surface area contributed by atoms with Crippen molar-refractivity contribution in [2.45, 2.75) is 144 Å². The van der Waals surface area contributed by atoms with Crippen molar-refractivity contribution in [3.05, 3.63) is 0 Å². The van der Waals surface area contributed by atoms with E-state index in [1.54, 1.807) is 6.92 Å². The topological polar surface area (TPSA) is 287 Å². The largest absolute Gasteiger partial charge is 0.394 e. The first kappa shape index (κ1) is 34.2. The van der Waals surface area contributed by atoms with Crippen molar-refractivity contribution in [1.82, 2.24) is 0 Å². The highest BCUT2D eigenvalue weighted by Gasteiger charge is 2.53. The molecule has 17 unspecified atom stereocenters. The molecule has 3 aliphatic heterocycles. The predicted octanol–water partition coefficient (Wildman–Crippen LogP) is -4.75. The molecule has 16 heteroatoms. The van der Waals surface area contributed by atoms with Crippen molar-refractivity contribution in [2.24, 2.45) is 34.6 Å². The molecule has 0 spiro atoms. The van der Waals surface area contributed by atoms with Gasteiger partial charge in [-0.2, -0.15) is 0 Å². The fourth-order valence-corrected chi connectivity index (χ4v) is 6.11. The lowest BCUT2D eigenvalue weighted by Gasteiger charge is -2.47. The van der Waals surface area contributed by atoms with Crippen LogP contribution in [0.4, 0.5) is 0 Å². The van der Waals surface area contributed by atoms with E-state index < -0.39 is 110 Å². The second-order valence-electron chi connectivity index (χ2n) is 12.7. The fourth-order valence-electron chi connectivity index (χ4n) is 6.11. The van der Waals surface area contributed by atoms with Crippen LogP contribution in [-0.2, 0) is 28.4 Å². The summed E-state index contributed by atoms with van der Waals surface area (Å²) in [5, 5.41) is 53.0. The van der Waals surface area contributed by atoms with Crippen molar-refractivity contribution in [3.63, 3.8) is 0 Å². The molecule has 1 saturated carbocycles. The van der Waals surface area contributed by atoms with E-state index in [9.17, 15) is 25.5 Å². The number of ether oxygens (including phenoxy) is 6. The molecular formula is C26H51N5O11. The van der Waals surface area contributed by atoms with Crippen molar-refractivity contribution in [1.29, 1.82) is 0 Å². The maximum Gasteiger partial charge on any atom is 0.187 e. The third-order valence-electron chi connectivity index (χ3n) is 8.89. The molecule has 0 aromatic rings. The Labute approximate surface area is 245 Å². The van der Waals surface area contributed by atoms with E-state index in [-0.39, 0.29) is 19.1 Å². The van der Waals surface area contributed by atoms with Gasteiger partial charge in [0.05, 0.1) is 31.0 Å². The molecule has 0 aromatic carbocycles. The Bertz CT molecular complexity index is 871. The molecule has 4 rings (SSSR count). The van der Waals surface area contributed by atoms with Crippen LogP contribution in [0.1, 0.15) is 40.0 Å². The molecule has 16 nitrogen and oxygen atoms in total. The molecule has 0 amide bonds. The predicted molar refractivity (Wildman–Crippen MR) is 146 cm³/mol. The van der Waals surface area contributed by atoms with Gasteiger partial charge in [-0.1, -0.05) is 6.92 Å². The molecule has 3 saturated heterocycles. The molecule has 3 heterocycles. The highest BCUT2D eigenvalue weighted by atomic mass is 16.8. The molecule has 246 valence electrons. The highest BCUT2D eigenvalue weighted by molar-refractivity contribution is 5.01. The number of nitrogens with two attached hydrogens (primary N) is 5. The number of aliphatic hydroxyl groups excluding tert-OH is 5. The number of hydrogen-bond acceptors (Lipinski definition) is 16. The van der Waals surface area contributed by atoms with Gasteiger partial charge in [0.1, 0.15) is 42.7 Å². The monoisotopic (exact) mass is 609 g/mol. The Morgan fingerprint density at radius 3 is 1.95 bits per heavy atom.